The summed E-state index contributed by atoms with van der Waals surface area (Å²) in [4.78, 5) is 10.6. The summed E-state index contributed by atoms with van der Waals surface area (Å²) in [7, 11) is 3.83. The van der Waals surface area contributed by atoms with Crippen molar-refractivity contribution in [3.63, 3.8) is 0 Å². The fourth-order valence-corrected chi connectivity index (χ4v) is 1.41. The minimum Gasteiger partial charge on any atom is -0.396 e. The van der Waals surface area contributed by atoms with E-state index in [1.165, 1.54) is 0 Å². The van der Waals surface area contributed by atoms with Gasteiger partial charge in [-0.15, -0.1) is 0 Å². The van der Waals surface area contributed by atoms with Crippen LogP contribution >= 0.6 is 0 Å². The molecule has 0 amide bonds. The molecule has 0 atom stereocenters. The molecule has 0 aliphatic rings. The molecule has 5 nitrogen and oxygen atoms in total. The first-order chi connectivity index (χ1) is 7.77. The SMILES string of the molecule is CNc1cncc(N(C)CCCCCO)n1. The summed E-state index contributed by atoms with van der Waals surface area (Å²) in [6.45, 7) is 1.21. The Balaban J connectivity index is 2.42. The Bertz CT molecular complexity index is 306. The molecular weight excluding hydrogens is 204 g/mol. The first kappa shape index (κ1) is 12.7. The molecule has 1 heterocycles. The van der Waals surface area contributed by atoms with Gasteiger partial charge in [0.1, 0.15) is 11.6 Å². The molecule has 0 fully saturated rings. The molecule has 0 aromatic carbocycles. The third-order valence-corrected chi connectivity index (χ3v) is 2.42. The third kappa shape index (κ3) is 4.02. The molecule has 0 unspecified atom stereocenters. The third-order valence-electron chi connectivity index (χ3n) is 2.42. The van der Waals surface area contributed by atoms with Gasteiger partial charge in [0.2, 0.25) is 0 Å². The first-order valence-corrected chi connectivity index (χ1v) is 5.59. The van der Waals surface area contributed by atoms with Gasteiger partial charge < -0.3 is 15.3 Å². The van der Waals surface area contributed by atoms with Gasteiger partial charge in [0.15, 0.2) is 0 Å². The van der Waals surface area contributed by atoms with Crippen LogP contribution in [0.4, 0.5) is 11.6 Å². The van der Waals surface area contributed by atoms with Crippen molar-refractivity contribution in [2.45, 2.75) is 19.3 Å². The molecule has 1 rings (SSSR count). The fourth-order valence-electron chi connectivity index (χ4n) is 1.41. The number of nitrogens with zero attached hydrogens (tertiary/aromatic N) is 3. The van der Waals surface area contributed by atoms with E-state index >= 15 is 0 Å². The summed E-state index contributed by atoms with van der Waals surface area (Å²) in [6, 6.07) is 0. The van der Waals surface area contributed by atoms with Crippen molar-refractivity contribution < 1.29 is 5.11 Å². The lowest BCUT2D eigenvalue weighted by molar-refractivity contribution is 0.283. The highest BCUT2D eigenvalue weighted by Gasteiger charge is 2.03. The summed E-state index contributed by atoms with van der Waals surface area (Å²) >= 11 is 0. The van der Waals surface area contributed by atoms with Crippen LogP contribution < -0.4 is 10.2 Å². The van der Waals surface area contributed by atoms with E-state index in [1.54, 1.807) is 12.4 Å². The standard InChI is InChI=1S/C11H20N4O/c1-12-10-8-13-9-11(14-10)15(2)6-4-3-5-7-16/h8-9,16H,3-7H2,1-2H3,(H,12,14). The van der Waals surface area contributed by atoms with Crippen LogP contribution in [0.3, 0.4) is 0 Å². The Morgan fingerprint density at radius 1 is 1.31 bits per heavy atom. The predicted octanol–water partition coefficient (Wildman–Crippen LogP) is 1.12. The summed E-state index contributed by atoms with van der Waals surface area (Å²) in [5.41, 5.74) is 0. The average molecular weight is 224 g/mol. The minimum absolute atomic E-state index is 0.277. The zero-order valence-electron chi connectivity index (χ0n) is 9.98. The van der Waals surface area contributed by atoms with E-state index < -0.39 is 0 Å². The Kier molecular flexibility index (Phi) is 5.56. The van der Waals surface area contributed by atoms with Gasteiger partial charge in [-0.2, -0.15) is 0 Å². The highest BCUT2D eigenvalue weighted by atomic mass is 16.2. The van der Waals surface area contributed by atoms with Crippen LogP contribution in [0.2, 0.25) is 0 Å². The average Bonchev–Trinajstić information content (AvgIpc) is 2.34. The molecule has 90 valence electrons. The molecule has 1 aromatic heterocycles. The fraction of sp³-hybridized carbons (Fsp3) is 0.636. The van der Waals surface area contributed by atoms with Gasteiger partial charge in [0.25, 0.3) is 0 Å². The lowest BCUT2D eigenvalue weighted by Crippen LogP contribution is -2.20. The van der Waals surface area contributed by atoms with Crippen LogP contribution in [-0.2, 0) is 0 Å². The predicted molar refractivity (Wildman–Crippen MR) is 65.8 cm³/mol. The van der Waals surface area contributed by atoms with E-state index in [1.807, 2.05) is 14.1 Å². The molecular formula is C11H20N4O. The molecule has 0 radical (unpaired) electrons. The Morgan fingerprint density at radius 2 is 2.12 bits per heavy atom. The van der Waals surface area contributed by atoms with Crippen molar-refractivity contribution in [2.75, 3.05) is 37.5 Å². The van der Waals surface area contributed by atoms with Crippen molar-refractivity contribution in [1.29, 1.82) is 0 Å². The number of nitrogens with one attached hydrogen (secondary N) is 1. The quantitative estimate of drug-likeness (QED) is 0.680. The summed E-state index contributed by atoms with van der Waals surface area (Å²) in [6.07, 6.45) is 6.43. The Labute approximate surface area is 96.5 Å². The number of hydrogen-bond acceptors (Lipinski definition) is 5. The topological polar surface area (TPSA) is 61.3 Å². The molecule has 0 saturated carbocycles. The second-order valence-corrected chi connectivity index (χ2v) is 3.72. The second kappa shape index (κ2) is 7.00. The monoisotopic (exact) mass is 224 g/mol. The highest BCUT2D eigenvalue weighted by molar-refractivity contribution is 5.42. The van der Waals surface area contributed by atoms with E-state index in [9.17, 15) is 0 Å². The number of anilines is 2. The normalized spacial score (nSPS) is 10.2. The molecule has 0 saturated heterocycles. The summed E-state index contributed by atoms with van der Waals surface area (Å²) < 4.78 is 0. The molecule has 5 heteroatoms. The van der Waals surface area contributed by atoms with Crippen LogP contribution in [0.5, 0.6) is 0 Å². The number of aliphatic hydroxyl groups is 1. The number of unbranched alkanes of at least 4 members (excludes halogenated alkanes) is 2. The molecule has 0 bridgehead atoms. The van der Waals surface area contributed by atoms with Crippen LogP contribution in [-0.4, -0.2) is 42.3 Å². The van der Waals surface area contributed by atoms with Gasteiger partial charge in [-0.3, -0.25) is 4.98 Å². The minimum atomic E-state index is 0.277. The summed E-state index contributed by atoms with van der Waals surface area (Å²) in [5, 5.41) is 11.6. The van der Waals surface area contributed by atoms with Crippen LogP contribution in [0.25, 0.3) is 0 Å². The van der Waals surface area contributed by atoms with Gasteiger partial charge in [-0.1, -0.05) is 0 Å². The van der Waals surface area contributed by atoms with Gasteiger partial charge in [0, 0.05) is 27.2 Å². The van der Waals surface area contributed by atoms with Crippen molar-refractivity contribution in [3.05, 3.63) is 12.4 Å². The number of aromatic nitrogens is 2. The smallest absolute Gasteiger partial charge is 0.149 e. The van der Waals surface area contributed by atoms with Gasteiger partial charge in [-0.25, -0.2) is 4.98 Å². The number of hydrogen-bond donors (Lipinski definition) is 2. The van der Waals surface area contributed by atoms with Gasteiger partial charge in [0.05, 0.1) is 12.4 Å². The molecule has 0 spiro atoms. The molecule has 0 aliphatic heterocycles. The molecule has 2 N–H and O–H groups in total. The largest absolute Gasteiger partial charge is 0.396 e. The zero-order valence-corrected chi connectivity index (χ0v) is 9.98. The maximum absolute atomic E-state index is 8.67. The van der Waals surface area contributed by atoms with Crippen molar-refractivity contribution >= 4 is 11.6 Å². The highest BCUT2D eigenvalue weighted by Crippen LogP contribution is 2.11. The first-order valence-electron chi connectivity index (χ1n) is 5.59. The Morgan fingerprint density at radius 3 is 2.81 bits per heavy atom. The van der Waals surface area contributed by atoms with Gasteiger partial charge >= 0.3 is 0 Å². The lowest BCUT2D eigenvalue weighted by atomic mass is 10.2. The van der Waals surface area contributed by atoms with E-state index in [4.69, 9.17) is 5.11 Å². The molecule has 16 heavy (non-hydrogen) atoms. The maximum atomic E-state index is 8.67. The number of rotatable bonds is 7. The molecule has 1 aromatic rings. The van der Waals surface area contributed by atoms with Crippen molar-refractivity contribution in [3.8, 4) is 0 Å². The zero-order chi connectivity index (χ0) is 11.8. The summed E-state index contributed by atoms with van der Waals surface area (Å²) in [5.74, 6) is 1.65. The van der Waals surface area contributed by atoms with E-state index in [0.717, 1.165) is 37.4 Å². The van der Waals surface area contributed by atoms with E-state index in [0.29, 0.717) is 0 Å². The van der Waals surface area contributed by atoms with E-state index in [2.05, 4.69) is 20.2 Å². The van der Waals surface area contributed by atoms with Crippen molar-refractivity contribution in [2.24, 2.45) is 0 Å². The number of aliphatic hydroxyl groups excluding tert-OH is 1. The Hall–Kier alpha value is -1.36. The van der Waals surface area contributed by atoms with Crippen LogP contribution in [0.1, 0.15) is 19.3 Å². The van der Waals surface area contributed by atoms with Crippen LogP contribution in [0.15, 0.2) is 12.4 Å². The van der Waals surface area contributed by atoms with Gasteiger partial charge in [-0.05, 0) is 19.3 Å². The molecule has 0 aliphatic carbocycles. The second-order valence-electron chi connectivity index (χ2n) is 3.72. The van der Waals surface area contributed by atoms with Crippen LogP contribution in [0, 0.1) is 0 Å². The lowest BCUT2D eigenvalue weighted by Gasteiger charge is -2.17. The van der Waals surface area contributed by atoms with Crippen molar-refractivity contribution in [1.82, 2.24) is 9.97 Å². The maximum Gasteiger partial charge on any atom is 0.149 e. The van der Waals surface area contributed by atoms with E-state index in [-0.39, 0.29) is 6.61 Å².